The molecule has 2 heterocycles. The van der Waals surface area contributed by atoms with Crippen LogP contribution in [0.15, 0.2) is 0 Å². The molecule has 202 valence electrons. The number of phosphoric ester groups is 2. The number of nitrogens with one attached hydrogen (secondary N) is 4. The second kappa shape index (κ2) is 14.1. The molecule has 0 aromatic heterocycles. The first kappa shape index (κ1) is 30.3. The molecule has 2 rings (SSSR count). The highest BCUT2D eigenvalue weighted by molar-refractivity contribution is 7.47. The molecule has 2 aliphatic heterocycles. The van der Waals surface area contributed by atoms with Crippen molar-refractivity contribution >= 4 is 15.6 Å². The van der Waals surface area contributed by atoms with Gasteiger partial charge in [0.1, 0.15) is 0 Å². The van der Waals surface area contributed by atoms with Crippen molar-refractivity contribution in [3.63, 3.8) is 0 Å². The summed E-state index contributed by atoms with van der Waals surface area (Å²) in [4.78, 5) is 19.9. The maximum atomic E-state index is 12.2. The monoisotopic (exact) mass is 530 g/mol. The fourth-order valence-corrected chi connectivity index (χ4v) is 5.79. The summed E-state index contributed by atoms with van der Waals surface area (Å²) in [6, 6.07) is 1.24. The smallest absolute Gasteiger partial charge is 0.310 e. The molecule has 0 spiro atoms. The third-order valence-corrected chi connectivity index (χ3v) is 7.41. The lowest BCUT2D eigenvalue weighted by Crippen LogP contribution is -2.35. The van der Waals surface area contributed by atoms with E-state index in [4.69, 9.17) is 18.1 Å². The molecule has 0 aromatic carbocycles. The molecule has 2 fully saturated rings. The lowest BCUT2D eigenvalue weighted by Gasteiger charge is -2.20. The molecule has 14 heteroatoms. The highest BCUT2D eigenvalue weighted by Crippen LogP contribution is 2.46. The van der Waals surface area contributed by atoms with Gasteiger partial charge in [0.15, 0.2) is 0 Å². The average molecular weight is 531 g/mol. The van der Waals surface area contributed by atoms with Crippen molar-refractivity contribution in [2.24, 2.45) is 5.92 Å². The van der Waals surface area contributed by atoms with E-state index >= 15 is 0 Å². The molecular formula is C20H44N4O8P2. The summed E-state index contributed by atoms with van der Waals surface area (Å²) in [5.41, 5.74) is 0. The summed E-state index contributed by atoms with van der Waals surface area (Å²) in [6.45, 7) is 11.3. The Balaban J connectivity index is 1.60. The quantitative estimate of drug-likeness (QED) is 0.159. The first-order valence-corrected chi connectivity index (χ1v) is 15.0. The number of phosphoric acid groups is 2. The van der Waals surface area contributed by atoms with E-state index in [1.165, 1.54) is 0 Å². The molecule has 0 radical (unpaired) electrons. The van der Waals surface area contributed by atoms with Crippen molar-refractivity contribution in [3.05, 3.63) is 0 Å². The third kappa shape index (κ3) is 12.3. The Morgan fingerprint density at radius 3 is 1.50 bits per heavy atom. The van der Waals surface area contributed by atoms with E-state index in [0.29, 0.717) is 24.2 Å². The van der Waals surface area contributed by atoms with Gasteiger partial charge in [0.25, 0.3) is 0 Å². The minimum Gasteiger partial charge on any atom is -0.310 e. The molecule has 12 nitrogen and oxygen atoms in total. The fraction of sp³-hybridized carbons (Fsp3) is 1.00. The maximum absolute atomic E-state index is 12.2. The van der Waals surface area contributed by atoms with Crippen LogP contribution in [0.5, 0.6) is 0 Å². The van der Waals surface area contributed by atoms with E-state index in [9.17, 15) is 18.9 Å². The van der Waals surface area contributed by atoms with Crippen molar-refractivity contribution in [3.8, 4) is 0 Å². The van der Waals surface area contributed by atoms with Crippen LogP contribution in [0.3, 0.4) is 0 Å². The molecule has 2 saturated heterocycles. The zero-order chi connectivity index (χ0) is 25.4. The van der Waals surface area contributed by atoms with E-state index in [1.807, 2.05) is 0 Å². The van der Waals surface area contributed by atoms with E-state index < -0.39 is 21.6 Å². The number of hydrogen-bond donors (Lipinski definition) is 6. The summed E-state index contributed by atoms with van der Waals surface area (Å²) in [5, 5.41) is 13.3. The molecule has 34 heavy (non-hydrogen) atoms. The van der Waals surface area contributed by atoms with E-state index in [0.717, 1.165) is 25.9 Å². The normalized spacial score (nSPS) is 30.0. The van der Waals surface area contributed by atoms with Crippen LogP contribution in [0.4, 0.5) is 0 Å². The average Bonchev–Trinajstić information content (AvgIpc) is 3.36. The Morgan fingerprint density at radius 1 is 0.765 bits per heavy atom. The molecule has 0 aromatic rings. The van der Waals surface area contributed by atoms with Crippen LogP contribution in [0.1, 0.15) is 47.5 Å². The van der Waals surface area contributed by atoms with E-state index in [-0.39, 0.29) is 38.5 Å². The summed E-state index contributed by atoms with van der Waals surface area (Å²) < 4.78 is 44.6. The van der Waals surface area contributed by atoms with Crippen LogP contribution in [0.2, 0.25) is 0 Å². The number of rotatable bonds is 16. The molecular weight excluding hydrogens is 486 g/mol. The molecule has 6 N–H and O–H groups in total. The van der Waals surface area contributed by atoms with Gasteiger partial charge >= 0.3 is 15.6 Å². The van der Waals surface area contributed by atoms with Gasteiger partial charge in [-0.15, -0.1) is 0 Å². The first-order chi connectivity index (χ1) is 15.8. The van der Waals surface area contributed by atoms with E-state index in [2.05, 4.69) is 49.0 Å². The molecule has 2 aliphatic rings. The van der Waals surface area contributed by atoms with Gasteiger partial charge in [-0.25, -0.2) is 9.13 Å². The lowest BCUT2D eigenvalue weighted by atomic mass is 10.1. The van der Waals surface area contributed by atoms with Crippen LogP contribution in [0.25, 0.3) is 0 Å². The van der Waals surface area contributed by atoms with Crippen LogP contribution < -0.4 is 21.3 Å². The fourth-order valence-electron chi connectivity index (χ4n) is 4.02. The summed E-state index contributed by atoms with van der Waals surface area (Å²) in [6.07, 6.45) is 1.58. The lowest BCUT2D eigenvalue weighted by molar-refractivity contribution is 0.0931. The minimum atomic E-state index is -4.25. The molecule has 0 saturated carbocycles. The van der Waals surface area contributed by atoms with Gasteiger partial charge in [-0.1, -0.05) is 34.6 Å². The second-order valence-electron chi connectivity index (χ2n) is 9.94. The van der Waals surface area contributed by atoms with Crippen molar-refractivity contribution < 1.29 is 37.0 Å². The Kier molecular flexibility index (Phi) is 12.6. The zero-order valence-corrected chi connectivity index (χ0v) is 22.7. The molecule has 0 bridgehead atoms. The van der Waals surface area contributed by atoms with E-state index in [1.54, 1.807) is 6.92 Å². The highest BCUT2D eigenvalue weighted by atomic mass is 31.2. The number of hydrogen-bond acceptors (Lipinski definition) is 10. The van der Waals surface area contributed by atoms with Crippen molar-refractivity contribution in [2.45, 2.75) is 83.7 Å². The Labute approximate surface area is 203 Å². The summed E-state index contributed by atoms with van der Waals surface area (Å²) >= 11 is 0. The predicted octanol–water partition coefficient (Wildman–Crippen LogP) is 1.35. The highest BCUT2D eigenvalue weighted by Gasteiger charge is 2.31. The van der Waals surface area contributed by atoms with Crippen LogP contribution >= 0.6 is 15.6 Å². The first-order valence-electron chi connectivity index (χ1n) is 12.1. The summed E-state index contributed by atoms with van der Waals surface area (Å²) in [5.74, 6) is -0.429. The Morgan fingerprint density at radius 2 is 1.15 bits per heavy atom. The summed E-state index contributed by atoms with van der Waals surface area (Å²) in [7, 11) is -8.49. The minimum absolute atomic E-state index is 0.0377. The molecule has 7 atom stereocenters. The molecule has 3 unspecified atom stereocenters. The standard InChI is InChI=1S/C20H44N4O8P2/c1-14(2)23-17-6-19(21-8-17)12-31-33(25,26)29-10-16(5)11-30-34(27,28)32-13-20-7-18(9-22-20)24-15(3)4/h14-24H,6-13H2,1-5H3,(H,25,26)(H,27,28)/t16?,17-,18+,19-,20+. The Hall–Kier alpha value is 0.0600. The van der Waals surface area contributed by atoms with Gasteiger partial charge in [0, 0.05) is 55.3 Å². The molecule has 0 amide bonds. The van der Waals surface area contributed by atoms with Crippen molar-refractivity contribution in [1.82, 2.24) is 21.3 Å². The van der Waals surface area contributed by atoms with Gasteiger partial charge in [-0.3, -0.25) is 18.1 Å². The van der Waals surface area contributed by atoms with Crippen molar-refractivity contribution in [2.75, 3.05) is 39.5 Å². The van der Waals surface area contributed by atoms with Crippen LogP contribution in [-0.2, 0) is 27.2 Å². The van der Waals surface area contributed by atoms with Crippen molar-refractivity contribution in [1.29, 1.82) is 0 Å². The topological polar surface area (TPSA) is 160 Å². The van der Waals surface area contributed by atoms with Gasteiger partial charge in [-0.2, -0.15) is 0 Å². The van der Waals surface area contributed by atoms with Gasteiger partial charge < -0.3 is 31.1 Å². The third-order valence-electron chi connectivity index (χ3n) is 5.50. The largest absolute Gasteiger partial charge is 0.472 e. The molecule has 0 aliphatic carbocycles. The van der Waals surface area contributed by atoms with Crippen LogP contribution in [0, 0.1) is 5.92 Å². The second-order valence-corrected chi connectivity index (χ2v) is 12.9. The van der Waals surface area contributed by atoms with Crippen LogP contribution in [-0.4, -0.2) is 85.6 Å². The maximum Gasteiger partial charge on any atom is 0.472 e. The zero-order valence-electron chi connectivity index (χ0n) is 20.9. The SMILES string of the molecule is CC(COP(=O)(O)OC[C@@H]1C[C@H](NC(C)C)CN1)COP(=O)(O)OC[C@H]1C[C@@H](NC(C)C)CN1. The Bertz CT molecular complexity index is 645. The van der Waals surface area contributed by atoms with Gasteiger partial charge in [0.2, 0.25) is 0 Å². The van der Waals surface area contributed by atoms with Gasteiger partial charge in [-0.05, 0) is 12.8 Å². The predicted molar refractivity (Wildman–Crippen MR) is 130 cm³/mol. The van der Waals surface area contributed by atoms with Gasteiger partial charge in [0.05, 0.1) is 26.4 Å².